The Labute approximate surface area is 128 Å². The van der Waals surface area contributed by atoms with Crippen LogP contribution in [0.25, 0.3) is 0 Å². The summed E-state index contributed by atoms with van der Waals surface area (Å²) in [6, 6.07) is 1.90. The van der Waals surface area contributed by atoms with Crippen molar-refractivity contribution < 1.29 is 14.4 Å². The van der Waals surface area contributed by atoms with Gasteiger partial charge in [0.1, 0.15) is 0 Å². The van der Waals surface area contributed by atoms with E-state index in [2.05, 4.69) is 15.0 Å². The standard InChI is InChI=1S/C16H17N3O3/c1-3-14-12(6-17-9-20)5-13(7-18-10-21)15(4-2)16(14)8-19-11-22/h5H,3-4,6-8H2,1-2H3. The summed E-state index contributed by atoms with van der Waals surface area (Å²) in [5.41, 5.74) is 4.65. The monoisotopic (exact) mass is 299 g/mol. The smallest absolute Gasteiger partial charge is 0.211 e. The van der Waals surface area contributed by atoms with E-state index in [1.165, 1.54) is 12.2 Å². The summed E-state index contributed by atoms with van der Waals surface area (Å²) in [5, 5.41) is 0. The quantitative estimate of drug-likeness (QED) is 0.545. The molecule has 0 spiro atoms. The van der Waals surface area contributed by atoms with E-state index in [4.69, 9.17) is 0 Å². The molecule has 0 saturated carbocycles. The predicted molar refractivity (Wildman–Crippen MR) is 80.7 cm³/mol. The molecule has 0 aliphatic carbocycles. The number of hydrogen-bond acceptors (Lipinski definition) is 6. The highest BCUT2D eigenvalue weighted by Crippen LogP contribution is 2.27. The second-order valence-electron chi connectivity index (χ2n) is 4.56. The number of isocyanates is 3. The molecule has 0 amide bonds. The molecule has 0 atom stereocenters. The van der Waals surface area contributed by atoms with Crippen LogP contribution < -0.4 is 0 Å². The maximum Gasteiger partial charge on any atom is 0.235 e. The maximum atomic E-state index is 10.5. The summed E-state index contributed by atoms with van der Waals surface area (Å²) in [4.78, 5) is 42.2. The van der Waals surface area contributed by atoms with Crippen molar-refractivity contribution in [3.63, 3.8) is 0 Å². The molecule has 0 saturated heterocycles. The Morgan fingerprint density at radius 1 is 0.727 bits per heavy atom. The summed E-state index contributed by atoms with van der Waals surface area (Å²) in [6.07, 6.45) is 6.04. The van der Waals surface area contributed by atoms with Crippen LogP contribution in [0.2, 0.25) is 0 Å². The minimum atomic E-state index is 0.201. The molecular weight excluding hydrogens is 282 g/mol. The molecular formula is C16H17N3O3. The van der Waals surface area contributed by atoms with E-state index in [-0.39, 0.29) is 19.6 Å². The second-order valence-corrected chi connectivity index (χ2v) is 4.56. The van der Waals surface area contributed by atoms with E-state index in [9.17, 15) is 14.4 Å². The van der Waals surface area contributed by atoms with Crippen molar-refractivity contribution in [2.45, 2.75) is 46.3 Å². The predicted octanol–water partition coefficient (Wildman–Crippen LogP) is 2.32. The zero-order valence-corrected chi connectivity index (χ0v) is 12.7. The Bertz CT molecular complexity index is 632. The van der Waals surface area contributed by atoms with E-state index in [0.29, 0.717) is 0 Å². The first-order chi connectivity index (χ1) is 10.7. The van der Waals surface area contributed by atoms with E-state index in [1.54, 1.807) is 6.08 Å². The van der Waals surface area contributed by atoms with Gasteiger partial charge in [0.25, 0.3) is 0 Å². The number of hydrogen-bond donors (Lipinski definition) is 0. The van der Waals surface area contributed by atoms with Crippen LogP contribution in [0.1, 0.15) is 41.7 Å². The number of nitrogens with zero attached hydrogens (tertiary/aromatic N) is 3. The van der Waals surface area contributed by atoms with Crippen molar-refractivity contribution >= 4 is 18.2 Å². The Balaban J connectivity index is 3.59. The van der Waals surface area contributed by atoms with E-state index < -0.39 is 0 Å². The van der Waals surface area contributed by atoms with Crippen LogP contribution in [0.15, 0.2) is 21.0 Å². The van der Waals surface area contributed by atoms with Crippen LogP contribution in [0, 0.1) is 0 Å². The van der Waals surface area contributed by atoms with Crippen molar-refractivity contribution in [3.8, 4) is 0 Å². The Morgan fingerprint density at radius 3 is 1.50 bits per heavy atom. The fourth-order valence-corrected chi connectivity index (χ4v) is 2.65. The van der Waals surface area contributed by atoms with Crippen LogP contribution in [-0.4, -0.2) is 18.2 Å². The number of benzene rings is 1. The van der Waals surface area contributed by atoms with Crippen LogP contribution in [0.5, 0.6) is 0 Å². The third-order valence-corrected chi connectivity index (χ3v) is 3.49. The minimum Gasteiger partial charge on any atom is -0.211 e. The zero-order valence-electron chi connectivity index (χ0n) is 12.7. The molecule has 0 N–H and O–H groups in total. The molecule has 1 rings (SSSR count). The van der Waals surface area contributed by atoms with Gasteiger partial charge in [-0.3, -0.25) is 0 Å². The van der Waals surface area contributed by atoms with Gasteiger partial charge in [0, 0.05) is 0 Å². The molecule has 0 heterocycles. The van der Waals surface area contributed by atoms with Gasteiger partial charge in [-0.25, -0.2) is 29.4 Å². The topological polar surface area (TPSA) is 88.3 Å². The van der Waals surface area contributed by atoms with Crippen molar-refractivity contribution in [2.75, 3.05) is 0 Å². The van der Waals surface area contributed by atoms with Gasteiger partial charge in [0.2, 0.25) is 18.2 Å². The minimum absolute atomic E-state index is 0.201. The highest BCUT2D eigenvalue weighted by molar-refractivity contribution is 5.49. The van der Waals surface area contributed by atoms with Gasteiger partial charge < -0.3 is 0 Å². The lowest BCUT2D eigenvalue weighted by Crippen LogP contribution is -2.07. The summed E-state index contributed by atoms with van der Waals surface area (Å²) < 4.78 is 0. The van der Waals surface area contributed by atoms with E-state index >= 15 is 0 Å². The first-order valence-electron chi connectivity index (χ1n) is 6.99. The number of aliphatic imine (C=N–C) groups is 3. The highest BCUT2D eigenvalue weighted by atomic mass is 16.1. The van der Waals surface area contributed by atoms with Crippen molar-refractivity contribution in [3.05, 3.63) is 33.9 Å². The van der Waals surface area contributed by atoms with Crippen LogP contribution in [-0.2, 0) is 46.9 Å². The fraction of sp³-hybridized carbons (Fsp3) is 0.438. The fourth-order valence-electron chi connectivity index (χ4n) is 2.65. The normalized spacial score (nSPS) is 9.36. The molecule has 6 heteroatoms. The Morgan fingerprint density at radius 2 is 1.14 bits per heavy atom. The molecule has 0 unspecified atom stereocenters. The molecule has 22 heavy (non-hydrogen) atoms. The van der Waals surface area contributed by atoms with Gasteiger partial charge in [0.15, 0.2) is 0 Å². The van der Waals surface area contributed by atoms with Gasteiger partial charge in [-0.2, -0.15) is 0 Å². The largest absolute Gasteiger partial charge is 0.235 e. The molecule has 0 fully saturated rings. The second kappa shape index (κ2) is 9.32. The van der Waals surface area contributed by atoms with E-state index in [1.807, 2.05) is 19.9 Å². The molecule has 0 aromatic heterocycles. The molecule has 1 aromatic rings. The summed E-state index contributed by atoms with van der Waals surface area (Å²) in [7, 11) is 0. The Hall–Kier alpha value is -2.64. The Kier molecular flexibility index (Phi) is 7.38. The number of carbonyl (C=O) groups excluding carboxylic acids is 3. The average molecular weight is 299 g/mol. The highest BCUT2D eigenvalue weighted by Gasteiger charge is 2.15. The maximum absolute atomic E-state index is 10.5. The molecule has 0 radical (unpaired) electrons. The van der Waals surface area contributed by atoms with Crippen molar-refractivity contribution in [1.82, 2.24) is 0 Å². The lowest BCUT2D eigenvalue weighted by atomic mass is 9.88. The van der Waals surface area contributed by atoms with Gasteiger partial charge in [-0.15, -0.1) is 0 Å². The third-order valence-electron chi connectivity index (χ3n) is 3.49. The number of rotatable bonds is 8. The molecule has 114 valence electrons. The molecule has 0 aliphatic heterocycles. The van der Waals surface area contributed by atoms with Crippen molar-refractivity contribution in [1.29, 1.82) is 0 Å². The van der Waals surface area contributed by atoms with Crippen LogP contribution in [0.3, 0.4) is 0 Å². The van der Waals surface area contributed by atoms with Gasteiger partial charge in [-0.1, -0.05) is 19.9 Å². The average Bonchev–Trinajstić information content (AvgIpc) is 2.55. The summed E-state index contributed by atoms with van der Waals surface area (Å²) in [6.45, 7) is 4.59. The van der Waals surface area contributed by atoms with Crippen LogP contribution >= 0.6 is 0 Å². The summed E-state index contributed by atoms with van der Waals surface area (Å²) in [5.74, 6) is 0. The first kappa shape index (κ1) is 17.4. The van der Waals surface area contributed by atoms with Crippen LogP contribution in [0.4, 0.5) is 0 Å². The molecule has 0 aliphatic rings. The van der Waals surface area contributed by atoms with E-state index in [0.717, 1.165) is 40.7 Å². The SMILES string of the molecule is CCc1c(CN=C=O)cc(CN=C=O)c(CC)c1CN=C=O. The lowest BCUT2D eigenvalue weighted by molar-refractivity contribution is 0.562. The van der Waals surface area contributed by atoms with Gasteiger partial charge >= 0.3 is 0 Å². The van der Waals surface area contributed by atoms with Gasteiger partial charge in [0.05, 0.1) is 19.6 Å². The third kappa shape index (κ3) is 4.18. The molecule has 1 aromatic carbocycles. The van der Waals surface area contributed by atoms with Crippen molar-refractivity contribution in [2.24, 2.45) is 15.0 Å². The summed E-state index contributed by atoms with van der Waals surface area (Å²) >= 11 is 0. The molecule has 0 bridgehead atoms. The van der Waals surface area contributed by atoms with Gasteiger partial charge in [-0.05, 0) is 40.7 Å². The first-order valence-corrected chi connectivity index (χ1v) is 6.99. The zero-order chi connectivity index (χ0) is 16.4. The molecule has 6 nitrogen and oxygen atoms in total. The lowest BCUT2D eigenvalue weighted by Gasteiger charge is -2.18.